The van der Waals surface area contributed by atoms with Crippen LogP contribution in [0.3, 0.4) is 0 Å². The normalized spacial score (nSPS) is 11.5. The van der Waals surface area contributed by atoms with Crippen LogP contribution in [0.2, 0.25) is 0 Å². The first kappa shape index (κ1) is 11.4. The van der Waals surface area contributed by atoms with E-state index in [-0.39, 0.29) is 11.4 Å². The topological polar surface area (TPSA) is 69.2 Å². The van der Waals surface area contributed by atoms with E-state index in [9.17, 15) is 10.1 Å². The molecule has 82 valence electrons. The van der Waals surface area contributed by atoms with Gasteiger partial charge in [-0.05, 0) is 25.3 Å². The maximum Gasteiger partial charge on any atom is 0.338 e. The Morgan fingerprint density at radius 1 is 1.60 bits per heavy atom. The average molecular weight is 210 g/mol. The third-order valence-electron chi connectivity index (χ3n) is 1.92. The first-order chi connectivity index (χ1) is 7.02. The first-order valence-corrected chi connectivity index (χ1v) is 4.79. The number of hydrogen-bond acceptors (Lipinski definition) is 4. The third kappa shape index (κ3) is 2.90. The van der Waals surface area contributed by atoms with Crippen molar-refractivity contribution in [3.8, 4) is 0 Å². The lowest BCUT2D eigenvalue weighted by atomic mass is 10.1. The van der Waals surface area contributed by atoms with Crippen molar-refractivity contribution in [3.63, 3.8) is 0 Å². The van der Waals surface area contributed by atoms with Gasteiger partial charge in [0.25, 0.3) is 0 Å². The number of aryl methyl sites for hydroxylation is 1. The Morgan fingerprint density at radius 3 is 2.80 bits per heavy atom. The number of rotatable bonds is 4. The maximum atomic E-state index is 10.7. The van der Waals surface area contributed by atoms with Crippen LogP contribution in [-0.2, 0) is 0 Å². The number of allylic oxidation sites excluding steroid dienone is 1. The summed E-state index contributed by atoms with van der Waals surface area (Å²) >= 11 is 0. The van der Waals surface area contributed by atoms with E-state index in [0.717, 1.165) is 6.42 Å². The minimum Gasteiger partial charge on any atom is -0.349 e. The monoisotopic (exact) mass is 210 g/mol. The van der Waals surface area contributed by atoms with E-state index in [1.807, 2.05) is 6.08 Å². The van der Waals surface area contributed by atoms with E-state index in [1.165, 1.54) is 0 Å². The number of hydrogen-bond donors (Lipinski definition) is 0. The summed E-state index contributed by atoms with van der Waals surface area (Å²) in [7, 11) is 0. The van der Waals surface area contributed by atoms with E-state index >= 15 is 0 Å². The lowest BCUT2D eigenvalue weighted by molar-refractivity contribution is -0.386. The molecule has 0 aliphatic heterocycles. The molecule has 5 heteroatoms. The molecule has 0 radical (unpaired) electrons. The van der Waals surface area contributed by atoms with Gasteiger partial charge in [0.1, 0.15) is 0 Å². The Balaban J connectivity index is 2.86. The van der Waals surface area contributed by atoms with Crippen LogP contribution < -0.4 is 0 Å². The molecule has 0 saturated heterocycles. The minimum absolute atomic E-state index is 0.0463. The van der Waals surface area contributed by atoms with Crippen LogP contribution in [0, 0.1) is 23.0 Å². The van der Waals surface area contributed by atoms with Crippen LogP contribution in [0.15, 0.2) is 10.6 Å². The predicted molar refractivity (Wildman–Crippen MR) is 56.4 cm³/mol. The molecule has 0 aromatic carbocycles. The van der Waals surface area contributed by atoms with E-state index in [4.69, 9.17) is 4.52 Å². The third-order valence-corrected chi connectivity index (χ3v) is 1.92. The highest BCUT2D eigenvalue weighted by molar-refractivity contribution is 5.56. The Hall–Kier alpha value is -1.65. The van der Waals surface area contributed by atoms with Gasteiger partial charge in [0.05, 0.1) is 4.92 Å². The van der Waals surface area contributed by atoms with Gasteiger partial charge in [0.2, 0.25) is 5.76 Å². The second kappa shape index (κ2) is 4.72. The molecule has 0 fully saturated rings. The molecule has 0 unspecified atom stereocenters. The summed E-state index contributed by atoms with van der Waals surface area (Å²) in [6, 6.07) is 0. The second-order valence-corrected chi connectivity index (χ2v) is 3.77. The standard InChI is InChI=1S/C10H14N2O3/c1-7(2)5-4-6-9-10(12(13)14)8(3)11-15-9/h4,6-7H,5H2,1-3H3/b6-4+. The molecule has 1 heterocycles. The van der Waals surface area contributed by atoms with Gasteiger partial charge in [-0.25, -0.2) is 0 Å². The molecule has 0 spiro atoms. The molecular formula is C10H14N2O3. The zero-order valence-electron chi connectivity index (χ0n) is 9.06. The zero-order chi connectivity index (χ0) is 11.4. The summed E-state index contributed by atoms with van der Waals surface area (Å²) < 4.78 is 4.86. The molecule has 15 heavy (non-hydrogen) atoms. The summed E-state index contributed by atoms with van der Waals surface area (Å²) in [6.07, 6.45) is 4.33. The van der Waals surface area contributed by atoms with Crippen molar-refractivity contribution >= 4 is 11.8 Å². The van der Waals surface area contributed by atoms with Crippen LogP contribution >= 0.6 is 0 Å². The average Bonchev–Trinajstić information content (AvgIpc) is 2.46. The number of nitrogens with zero attached hydrogens (tertiary/aromatic N) is 2. The molecule has 1 aromatic heterocycles. The van der Waals surface area contributed by atoms with Gasteiger partial charge in [-0.3, -0.25) is 10.1 Å². The van der Waals surface area contributed by atoms with Gasteiger partial charge < -0.3 is 4.52 Å². The highest BCUT2D eigenvalue weighted by atomic mass is 16.6. The van der Waals surface area contributed by atoms with E-state index in [1.54, 1.807) is 13.0 Å². The molecule has 1 rings (SSSR count). The lowest BCUT2D eigenvalue weighted by Gasteiger charge is -1.95. The molecule has 5 nitrogen and oxygen atoms in total. The van der Waals surface area contributed by atoms with Crippen molar-refractivity contribution in [3.05, 3.63) is 27.6 Å². The molecule has 0 aliphatic carbocycles. The highest BCUT2D eigenvalue weighted by Gasteiger charge is 2.21. The van der Waals surface area contributed by atoms with Crippen molar-refractivity contribution in [2.75, 3.05) is 0 Å². The first-order valence-electron chi connectivity index (χ1n) is 4.79. The number of aromatic nitrogens is 1. The molecule has 0 atom stereocenters. The predicted octanol–water partition coefficient (Wildman–Crippen LogP) is 2.95. The van der Waals surface area contributed by atoms with Crippen LogP contribution in [-0.4, -0.2) is 10.1 Å². The summed E-state index contributed by atoms with van der Waals surface area (Å²) in [6.45, 7) is 5.70. The fourth-order valence-corrected chi connectivity index (χ4v) is 1.16. The Labute approximate surface area is 87.9 Å². The second-order valence-electron chi connectivity index (χ2n) is 3.77. The van der Waals surface area contributed by atoms with Crippen molar-refractivity contribution in [2.45, 2.75) is 27.2 Å². The summed E-state index contributed by atoms with van der Waals surface area (Å²) in [5, 5.41) is 14.2. The molecule has 0 aliphatic rings. The largest absolute Gasteiger partial charge is 0.349 e. The molecular weight excluding hydrogens is 196 g/mol. The summed E-state index contributed by atoms with van der Waals surface area (Å²) in [5.41, 5.74) is 0.263. The van der Waals surface area contributed by atoms with Crippen LogP contribution in [0.5, 0.6) is 0 Å². The summed E-state index contributed by atoms with van der Waals surface area (Å²) in [4.78, 5) is 10.2. The Bertz CT molecular complexity index is 380. The molecule has 0 N–H and O–H groups in total. The van der Waals surface area contributed by atoms with Gasteiger partial charge in [-0.2, -0.15) is 0 Å². The molecule has 0 saturated carbocycles. The fourth-order valence-electron chi connectivity index (χ4n) is 1.16. The van der Waals surface area contributed by atoms with Crippen molar-refractivity contribution in [1.29, 1.82) is 0 Å². The van der Waals surface area contributed by atoms with E-state index in [0.29, 0.717) is 11.6 Å². The van der Waals surface area contributed by atoms with Crippen molar-refractivity contribution in [2.24, 2.45) is 5.92 Å². The van der Waals surface area contributed by atoms with Crippen LogP contribution in [0.4, 0.5) is 5.69 Å². The van der Waals surface area contributed by atoms with E-state index in [2.05, 4.69) is 19.0 Å². The minimum atomic E-state index is -0.471. The van der Waals surface area contributed by atoms with E-state index < -0.39 is 4.92 Å². The summed E-state index contributed by atoms with van der Waals surface area (Å²) in [5.74, 6) is 0.738. The number of nitro groups is 1. The maximum absolute atomic E-state index is 10.7. The molecule has 1 aromatic rings. The lowest BCUT2D eigenvalue weighted by Crippen LogP contribution is -1.90. The van der Waals surface area contributed by atoms with Crippen LogP contribution in [0.25, 0.3) is 6.08 Å². The van der Waals surface area contributed by atoms with Crippen molar-refractivity contribution < 1.29 is 9.45 Å². The smallest absolute Gasteiger partial charge is 0.338 e. The quantitative estimate of drug-likeness (QED) is 0.565. The zero-order valence-corrected chi connectivity index (χ0v) is 9.06. The van der Waals surface area contributed by atoms with Gasteiger partial charge in [-0.15, -0.1) is 0 Å². The Kier molecular flexibility index (Phi) is 3.60. The SMILES string of the molecule is Cc1noc(/C=C/CC(C)C)c1[N+](=O)[O-]. The van der Waals surface area contributed by atoms with Gasteiger partial charge in [-0.1, -0.05) is 25.1 Å². The fraction of sp³-hybridized carbons (Fsp3) is 0.500. The molecule has 0 bridgehead atoms. The van der Waals surface area contributed by atoms with Gasteiger partial charge in [0, 0.05) is 0 Å². The van der Waals surface area contributed by atoms with Gasteiger partial charge in [0.15, 0.2) is 5.69 Å². The van der Waals surface area contributed by atoms with Crippen LogP contribution in [0.1, 0.15) is 31.7 Å². The highest BCUT2D eigenvalue weighted by Crippen LogP contribution is 2.23. The van der Waals surface area contributed by atoms with Gasteiger partial charge >= 0.3 is 5.69 Å². The molecule has 0 amide bonds. The van der Waals surface area contributed by atoms with Crippen molar-refractivity contribution in [1.82, 2.24) is 5.16 Å². The Morgan fingerprint density at radius 2 is 2.27 bits per heavy atom.